The lowest BCUT2D eigenvalue weighted by Crippen LogP contribution is -2.46. The van der Waals surface area contributed by atoms with E-state index >= 15 is 0 Å². The van der Waals surface area contributed by atoms with Gasteiger partial charge in [0.25, 0.3) is 0 Å². The normalized spacial score (nSPS) is 23.6. The number of anilines is 2. The van der Waals surface area contributed by atoms with Gasteiger partial charge in [0.1, 0.15) is 17.0 Å². The predicted octanol–water partition coefficient (Wildman–Crippen LogP) is 4.06. The number of alkyl halides is 2. The summed E-state index contributed by atoms with van der Waals surface area (Å²) in [5, 5.41) is 23.4. The van der Waals surface area contributed by atoms with E-state index in [9.17, 15) is 13.9 Å². The number of benzene rings is 1. The van der Waals surface area contributed by atoms with Crippen LogP contribution in [0, 0.1) is 6.92 Å². The van der Waals surface area contributed by atoms with Gasteiger partial charge in [-0.25, -0.2) is 4.98 Å². The van der Waals surface area contributed by atoms with Crippen molar-refractivity contribution in [2.45, 2.75) is 50.7 Å². The Balaban J connectivity index is 1.40. The maximum absolute atomic E-state index is 14.2. The molecule has 8 nitrogen and oxygen atoms in total. The van der Waals surface area contributed by atoms with E-state index in [1.165, 1.54) is 6.07 Å². The summed E-state index contributed by atoms with van der Waals surface area (Å²) in [6.07, 6.45) is 2.00. The Bertz CT molecular complexity index is 1270. The highest BCUT2D eigenvalue weighted by Crippen LogP contribution is 2.45. The van der Waals surface area contributed by atoms with Crippen LogP contribution < -0.4 is 15.0 Å². The Hall–Kier alpha value is -3.27. The monoisotopic (exact) mass is 469 g/mol. The van der Waals surface area contributed by atoms with E-state index in [2.05, 4.69) is 25.4 Å². The van der Waals surface area contributed by atoms with E-state index in [0.717, 1.165) is 12.8 Å². The third-order valence-corrected chi connectivity index (χ3v) is 7.06. The van der Waals surface area contributed by atoms with Gasteiger partial charge in [-0.1, -0.05) is 12.1 Å². The molecular formula is C24H25F2N5O3. The number of fused-ring (bicyclic) bond motifs is 4. The van der Waals surface area contributed by atoms with Gasteiger partial charge in [-0.15, -0.1) is 5.10 Å². The highest BCUT2D eigenvalue weighted by molar-refractivity contribution is 5.94. The molecule has 2 fully saturated rings. The van der Waals surface area contributed by atoms with Crippen molar-refractivity contribution in [2.75, 3.05) is 30.0 Å². The smallest absolute Gasteiger partial charge is 0.310 e. The van der Waals surface area contributed by atoms with E-state index < -0.39 is 12.5 Å². The molecule has 0 amide bonds. The number of ether oxygens (including phenoxy) is 2. The number of aromatic nitrogens is 3. The van der Waals surface area contributed by atoms with Gasteiger partial charge in [0.2, 0.25) is 5.88 Å². The molecular weight excluding hydrogens is 444 g/mol. The number of hydrogen-bond acceptors (Lipinski definition) is 8. The van der Waals surface area contributed by atoms with E-state index in [0.29, 0.717) is 46.9 Å². The zero-order valence-corrected chi connectivity index (χ0v) is 18.9. The minimum absolute atomic E-state index is 0.0436. The number of pyridine rings is 1. The summed E-state index contributed by atoms with van der Waals surface area (Å²) >= 11 is 0. The second-order valence-electron chi connectivity index (χ2n) is 9.27. The second-order valence-corrected chi connectivity index (χ2v) is 9.27. The molecule has 2 saturated heterocycles. The van der Waals surface area contributed by atoms with E-state index in [1.54, 1.807) is 19.1 Å². The largest absolute Gasteiger partial charge is 0.492 e. The van der Waals surface area contributed by atoms with Crippen LogP contribution in [0.25, 0.3) is 10.9 Å². The molecule has 2 bridgehead atoms. The molecule has 0 spiro atoms. The molecule has 178 valence electrons. The van der Waals surface area contributed by atoms with Crippen LogP contribution in [0.4, 0.5) is 20.3 Å². The number of nitrogens with zero attached hydrogens (tertiary/aromatic N) is 4. The topological polar surface area (TPSA) is 92.6 Å². The molecule has 5 heterocycles. The van der Waals surface area contributed by atoms with Gasteiger partial charge in [-0.05, 0) is 38.8 Å². The third-order valence-electron chi connectivity index (χ3n) is 7.06. The molecule has 0 aliphatic carbocycles. The van der Waals surface area contributed by atoms with Crippen LogP contribution in [0.5, 0.6) is 11.6 Å². The Morgan fingerprint density at radius 1 is 1.21 bits per heavy atom. The van der Waals surface area contributed by atoms with Crippen molar-refractivity contribution in [2.24, 2.45) is 0 Å². The molecule has 3 aliphatic rings. The Kier molecular flexibility index (Phi) is 4.77. The number of aromatic hydroxyl groups is 1. The summed E-state index contributed by atoms with van der Waals surface area (Å²) in [4.78, 5) is 6.67. The van der Waals surface area contributed by atoms with Crippen molar-refractivity contribution in [3.8, 4) is 11.6 Å². The fourth-order valence-corrected chi connectivity index (χ4v) is 5.36. The lowest BCUT2D eigenvalue weighted by Gasteiger charge is -2.36. The van der Waals surface area contributed by atoms with Gasteiger partial charge in [0, 0.05) is 10.9 Å². The zero-order valence-electron chi connectivity index (χ0n) is 18.9. The Morgan fingerprint density at radius 3 is 2.74 bits per heavy atom. The number of para-hydroxylation sites is 1. The molecule has 3 atom stereocenters. The number of morpholine rings is 1. The number of hydrogen-bond donors (Lipinski definition) is 2. The third kappa shape index (κ3) is 3.23. The molecule has 2 unspecified atom stereocenters. The molecule has 6 rings (SSSR count). The first-order valence-corrected chi connectivity index (χ1v) is 11.5. The van der Waals surface area contributed by atoms with Crippen molar-refractivity contribution in [3.63, 3.8) is 0 Å². The lowest BCUT2D eigenvalue weighted by molar-refractivity contribution is -0.0214. The number of rotatable bonds is 4. The number of halogens is 2. The Morgan fingerprint density at radius 2 is 1.97 bits per heavy atom. The quantitative estimate of drug-likeness (QED) is 0.591. The van der Waals surface area contributed by atoms with Crippen molar-refractivity contribution < 1.29 is 23.4 Å². The van der Waals surface area contributed by atoms with Crippen molar-refractivity contribution in [3.05, 3.63) is 41.1 Å². The fourth-order valence-electron chi connectivity index (χ4n) is 5.36. The van der Waals surface area contributed by atoms with Gasteiger partial charge < -0.3 is 24.8 Å². The fraction of sp³-hybridized carbons (Fsp3) is 0.458. The highest BCUT2D eigenvalue weighted by atomic mass is 19.3. The summed E-state index contributed by atoms with van der Waals surface area (Å²) in [6, 6.07) is 6.67. The molecule has 34 heavy (non-hydrogen) atoms. The molecule has 3 aliphatic heterocycles. The summed E-state index contributed by atoms with van der Waals surface area (Å²) in [5.74, 6) is -2.38. The molecule has 0 radical (unpaired) electrons. The summed E-state index contributed by atoms with van der Waals surface area (Å²) in [6.45, 7) is 4.22. The molecule has 2 aromatic heterocycles. The predicted molar refractivity (Wildman–Crippen MR) is 122 cm³/mol. The van der Waals surface area contributed by atoms with Crippen LogP contribution >= 0.6 is 0 Å². The first kappa shape index (κ1) is 21.3. The maximum Gasteiger partial charge on any atom is 0.310 e. The van der Waals surface area contributed by atoms with Crippen molar-refractivity contribution in [1.29, 1.82) is 0 Å². The van der Waals surface area contributed by atoms with E-state index in [1.807, 2.05) is 13.0 Å². The first-order chi connectivity index (χ1) is 16.3. The van der Waals surface area contributed by atoms with E-state index in [4.69, 9.17) is 9.47 Å². The summed E-state index contributed by atoms with van der Waals surface area (Å²) in [7, 11) is 0. The second kappa shape index (κ2) is 7.63. The van der Waals surface area contributed by atoms with Crippen LogP contribution in [0.15, 0.2) is 24.3 Å². The van der Waals surface area contributed by atoms with Gasteiger partial charge in [-0.3, -0.25) is 0 Å². The van der Waals surface area contributed by atoms with Crippen LogP contribution in [-0.2, 0) is 10.7 Å². The number of aryl methyl sites for hydroxylation is 1. The standard InChI is InChI=1S/C24H25F2N5O3/c1-12(16-4-3-5-18-21(16)34-11-24(18,25)26)27-22-17-8-19(23(32)28-20(17)13(2)29-30-22)31-14-6-7-15(31)10-33-9-14/h3-5,8,12,14-15H,6-7,9-11H2,1-2H3,(H,27,30)(H,28,32)/t12-,14?,15?/m1/s1. The van der Waals surface area contributed by atoms with Gasteiger partial charge in [0.05, 0.1) is 42.6 Å². The maximum atomic E-state index is 14.2. The number of nitrogens with one attached hydrogen (secondary N) is 1. The summed E-state index contributed by atoms with van der Waals surface area (Å²) in [5.41, 5.74) is 2.28. The first-order valence-electron chi connectivity index (χ1n) is 11.5. The molecule has 10 heteroatoms. The minimum Gasteiger partial charge on any atom is -0.492 e. The lowest BCUT2D eigenvalue weighted by atomic mass is 10.0. The van der Waals surface area contributed by atoms with Crippen LogP contribution in [0.1, 0.15) is 42.6 Å². The minimum atomic E-state index is -3.00. The van der Waals surface area contributed by atoms with E-state index in [-0.39, 0.29) is 35.3 Å². The Labute approximate surface area is 194 Å². The zero-order chi connectivity index (χ0) is 23.6. The van der Waals surface area contributed by atoms with Gasteiger partial charge in [-0.2, -0.15) is 13.9 Å². The van der Waals surface area contributed by atoms with Crippen LogP contribution in [0.3, 0.4) is 0 Å². The average molecular weight is 469 g/mol. The van der Waals surface area contributed by atoms with Crippen LogP contribution in [0.2, 0.25) is 0 Å². The van der Waals surface area contributed by atoms with Gasteiger partial charge >= 0.3 is 5.92 Å². The van der Waals surface area contributed by atoms with Crippen LogP contribution in [-0.4, -0.2) is 52.2 Å². The SMILES string of the molecule is Cc1nnc(N[C@H](C)c2cccc3c2OCC3(F)F)c2cc(N3C4CCC3COC4)c(O)nc12. The molecule has 2 N–H and O–H groups in total. The van der Waals surface area contributed by atoms with Crippen molar-refractivity contribution in [1.82, 2.24) is 15.2 Å². The molecule has 3 aromatic rings. The summed E-state index contributed by atoms with van der Waals surface area (Å²) < 4.78 is 39.4. The average Bonchev–Trinajstić information content (AvgIpc) is 3.26. The van der Waals surface area contributed by atoms with Crippen molar-refractivity contribution >= 4 is 22.4 Å². The molecule has 0 saturated carbocycles. The van der Waals surface area contributed by atoms with Gasteiger partial charge in [0.15, 0.2) is 12.4 Å². The molecule has 1 aromatic carbocycles. The highest BCUT2D eigenvalue weighted by Gasteiger charge is 2.43.